The molecule has 3 nitrogen and oxygen atoms in total. The van der Waals surface area contributed by atoms with Crippen LogP contribution in [0.4, 0.5) is 5.69 Å². The number of ether oxygens (including phenoxy) is 1. The van der Waals surface area contributed by atoms with E-state index in [0.717, 1.165) is 24.3 Å². The van der Waals surface area contributed by atoms with Gasteiger partial charge in [0.2, 0.25) is 0 Å². The quantitative estimate of drug-likeness (QED) is 0.784. The summed E-state index contributed by atoms with van der Waals surface area (Å²) in [6.45, 7) is 4.14. The largest absolute Gasteiger partial charge is 0.490 e. The maximum Gasteiger partial charge on any atom is 0.119 e. The second-order valence-corrected chi connectivity index (χ2v) is 4.40. The lowest BCUT2D eigenvalue weighted by atomic mass is 10.0. The highest BCUT2D eigenvalue weighted by Gasteiger charge is 2.12. The van der Waals surface area contributed by atoms with E-state index in [1.165, 1.54) is 0 Å². The van der Waals surface area contributed by atoms with Crippen molar-refractivity contribution in [1.82, 2.24) is 0 Å². The molecule has 0 fully saturated rings. The molecule has 1 aliphatic carbocycles. The Morgan fingerprint density at radius 2 is 2.06 bits per heavy atom. The predicted octanol–water partition coefficient (Wildman–Crippen LogP) is 2.74. The lowest BCUT2D eigenvalue weighted by Gasteiger charge is -2.21. The number of rotatable bonds is 5. The summed E-state index contributed by atoms with van der Waals surface area (Å²) in [6, 6.07) is 8.17. The first-order valence-corrected chi connectivity index (χ1v) is 6.24. The van der Waals surface area contributed by atoms with E-state index < -0.39 is 0 Å². The number of nitrogens with one attached hydrogen (secondary N) is 1. The van der Waals surface area contributed by atoms with Crippen molar-refractivity contribution in [2.24, 2.45) is 0 Å². The van der Waals surface area contributed by atoms with Crippen LogP contribution in [0.15, 0.2) is 49.1 Å². The minimum atomic E-state index is -0.280. The third kappa shape index (κ3) is 3.64. The molecule has 2 N–H and O–H groups in total. The topological polar surface area (TPSA) is 41.5 Å². The number of aliphatic hydroxyl groups excluding tert-OH is 1. The van der Waals surface area contributed by atoms with E-state index in [9.17, 15) is 5.11 Å². The van der Waals surface area contributed by atoms with Gasteiger partial charge in [0.15, 0.2) is 0 Å². The molecule has 0 aliphatic heterocycles. The number of hydrogen-bond acceptors (Lipinski definition) is 3. The van der Waals surface area contributed by atoms with Crippen LogP contribution in [0.25, 0.3) is 0 Å². The van der Waals surface area contributed by atoms with Gasteiger partial charge < -0.3 is 15.2 Å². The molecule has 0 aromatic heterocycles. The molecule has 0 bridgehead atoms. The Kier molecular flexibility index (Phi) is 4.42. The molecule has 96 valence electrons. The van der Waals surface area contributed by atoms with Gasteiger partial charge >= 0.3 is 0 Å². The van der Waals surface area contributed by atoms with E-state index in [4.69, 9.17) is 4.74 Å². The summed E-state index contributed by atoms with van der Waals surface area (Å²) in [5.74, 6) is 0.843. The van der Waals surface area contributed by atoms with Crippen LogP contribution in [0, 0.1) is 0 Å². The first-order valence-electron chi connectivity index (χ1n) is 6.24. The Morgan fingerprint density at radius 3 is 2.67 bits per heavy atom. The van der Waals surface area contributed by atoms with Gasteiger partial charge in [0.1, 0.15) is 12.4 Å². The van der Waals surface area contributed by atoms with Crippen LogP contribution in [-0.4, -0.2) is 23.9 Å². The van der Waals surface area contributed by atoms with Crippen molar-refractivity contribution in [2.45, 2.75) is 25.0 Å². The van der Waals surface area contributed by atoms with Crippen molar-refractivity contribution >= 4 is 5.69 Å². The number of benzene rings is 1. The van der Waals surface area contributed by atoms with Crippen LogP contribution in [0.5, 0.6) is 5.75 Å². The van der Waals surface area contributed by atoms with Crippen molar-refractivity contribution in [3.63, 3.8) is 0 Å². The monoisotopic (exact) mass is 245 g/mol. The third-order valence-electron chi connectivity index (χ3n) is 2.91. The normalized spacial score (nSPS) is 22.5. The molecule has 0 radical (unpaired) electrons. The first-order chi connectivity index (χ1) is 8.78. The molecule has 0 saturated carbocycles. The summed E-state index contributed by atoms with van der Waals surface area (Å²) < 4.78 is 5.42. The molecule has 0 heterocycles. The van der Waals surface area contributed by atoms with E-state index >= 15 is 0 Å². The van der Waals surface area contributed by atoms with Gasteiger partial charge in [-0.05, 0) is 37.1 Å². The molecule has 2 atom stereocenters. The summed E-state index contributed by atoms with van der Waals surface area (Å²) in [7, 11) is 0. The molecule has 0 spiro atoms. The van der Waals surface area contributed by atoms with E-state index in [0.29, 0.717) is 12.6 Å². The van der Waals surface area contributed by atoms with Gasteiger partial charge in [-0.1, -0.05) is 24.8 Å². The molecular weight excluding hydrogens is 226 g/mol. The Morgan fingerprint density at radius 1 is 1.28 bits per heavy atom. The Bertz CT molecular complexity index is 411. The molecule has 1 aliphatic rings. The molecule has 18 heavy (non-hydrogen) atoms. The Balaban J connectivity index is 1.90. The average molecular weight is 245 g/mol. The van der Waals surface area contributed by atoms with Gasteiger partial charge in [-0.15, -0.1) is 0 Å². The minimum Gasteiger partial charge on any atom is -0.490 e. The second kappa shape index (κ2) is 6.26. The summed E-state index contributed by atoms with van der Waals surface area (Å²) in [5, 5.41) is 12.8. The highest BCUT2D eigenvalue weighted by atomic mass is 16.5. The molecule has 1 aromatic carbocycles. The standard InChI is InChI=1S/C15H19NO2/c1-2-11-18-15-9-5-13(6-10-15)16-12-3-7-14(17)8-4-12/h2-3,5-7,9-10,12,14,16-17H,1,4,8,11H2/t12-,14+/m1/s1. The lowest BCUT2D eigenvalue weighted by molar-refractivity contribution is 0.202. The van der Waals surface area contributed by atoms with Gasteiger partial charge in [0.05, 0.1) is 6.10 Å². The number of hydrogen-bond donors (Lipinski definition) is 2. The van der Waals surface area contributed by atoms with E-state index in [1.54, 1.807) is 6.08 Å². The molecular formula is C15H19NO2. The van der Waals surface area contributed by atoms with Gasteiger partial charge in [-0.3, -0.25) is 0 Å². The van der Waals surface area contributed by atoms with E-state index in [2.05, 4.69) is 11.9 Å². The van der Waals surface area contributed by atoms with E-state index in [-0.39, 0.29) is 6.10 Å². The number of anilines is 1. The minimum absolute atomic E-state index is 0.280. The van der Waals surface area contributed by atoms with Crippen LogP contribution in [0.3, 0.4) is 0 Å². The first kappa shape index (κ1) is 12.7. The fourth-order valence-corrected chi connectivity index (χ4v) is 1.94. The van der Waals surface area contributed by atoms with Gasteiger partial charge in [0.25, 0.3) is 0 Å². The fourth-order valence-electron chi connectivity index (χ4n) is 1.94. The Hall–Kier alpha value is -1.74. The van der Waals surface area contributed by atoms with Crippen LogP contribution in [0.2, 0.25) is 0 Å². The Labute approximate surface area is 108 Å². The highest BCUT2D eigenvalue weighted by Crippen LogP contribution is 2.19. The fraction of sp³-hybridized carbons (Fsp3) is 0.333. The smallest absolute Gasteiger partial charge is 0.119 e. The van der Waals surface area contributed by atoms with Crippen molar-refractivity contribution in [2.75, 3.05) is 11.9 Å². The highest BCUT2D eigenvalue weighted by molar-refractivity contribution is 5.48. The van der Waals surface area contributed by atoms with Crippen LogP contribution in [0.1, 0.15) is 12.8 Å². The van der Waals surface area contributed by atoms with Gasteiger partial charge in [-0.2, -0.15) is 0 Å². The van der Waals surface area contributed by atoms with Crippen molar-refractivity contribution in [1.29, 1.82) is 0 Å². The zero-order valence-electron chi connectivity index (χ0n) is 10.4. The van der Waals surface area contributed by atoms with Gasteiger partial charge in [0, 0.05) is 11.7 Å². The van der Waals surface area contributed by atoms with E-state index in [1.807, 2.05) is 36.4 Å². The summed E-state index contributed by atoms with van der Waals surface area (Å²) in [6.07, 6.45) is 7.09. The van der Waals surface area contributed by atoms with Gasteiger partial charge in [-0.25, -0.2) is 0 Å². The molecule has 2 rings (SSSR count). The molecule has 0 unspecified atom stereocenters. The van der Waals surface area contributed by atoms with Crippen molar-refractivity contribution in [3.05, 3.63) is 49.1 Å². The SMILES string of the molecule is C=CCOc1ccc(N[C@@H]2C=C[C@H](O)CC2)cc1. The summed E-state index contributed by atoms with van der Waals surface area (Å²) in [4.78, 5) is 0. The summed E-state index contributed by atoms with van der Waals surface area (Å²) in [5.41, 5.74) is 1.06. The van der Waals surface area contributed by atoms with Crippen LogP contribution < -0.4 is 10.1 Å². The van der Waals surface area contributed by atoms with Crippen molar-refractivity contribution < 1.29 is 9.84 Å². The molecule has 0 saturated heterocycles. The zero-order chi connectivity index (χ0) is 12.8. The van der Waals surface area contributed by atoms with Crippen LogP contribution >= 0.6 is 0 Å². The maximum atomic E-state index is 9.37. The third-order valence-corrected chi connectivity index (χ3v) is 2.91. The summed E-state index contributed by atoms with van der Waals surface area (Å²) >= 11 is 0. The second-order valence-electron chi connectivity index (χ2n) is 4.40. The molecule has 0 amide bonds. The van der Waals surface area contributed by atoms with Crippen LogP contribution in [-0.2, 0) is 0 Å². The predicted molar refractivity (Wildman–Crippen MR) is 73.9 cm³/mol. The molecule has 3 heteroatoms. The zero-order valence-corrected chi connectivity index (χ0v) is 10.4. The number of aliphatic hydroxyl groups is 1. The average Bonchev–Trinajstić information content (AvgIpc) is 2.41. The lowest BCUT2D eigenvalue weighted by Crippen LogP contribution is -2.23. The maximum absolute atomic E-state index is 9.37. The molecule has 1 aromatic rings. The van der Waals surface area contributed by atoms with Crippen molar-refractivity contribution in [3.8, 4) is 5.75 Å².